The molecule has 1 rings (SSSR count). The molecule has 6 heteroatoms. The van der Waals surface area contributed by atoms with E-state index < -0.39 is 41.6 Å². The van der Waals surface area contributed by atoms with E-state index >= 15 is 0 Å². The van der Waals surface area contributed by atoms with Crippen LogP contribution in [0.3, 0.4) is 0 Å². The number of halogens is 4. The molecule has 2 nitrogen and oxygen atoms in total. The quantitative estimate of drug-likeness (QED) is 0.736. The topological polar surface area (TPSA) is 26.3 Å². The summed E-state index contributed by atoms with van der Waals surface area (Å²) in [6.45, 7) is 2.99. The van der Waals surface area contributed by atoms with Gasteiger partial charge < -0.3 is 4.74 Å². The minimum absolute atomic E-state index is 0.536. The van der Waals surface area contributed by atoms with Gasteiger partial charge in [0.25, 0.3) is 0 Å². The molecule has 0 spiro atoms. The third-order valence-corrected chi connectivity index (χ3v) is 3.24. The Morgan fingerprint density at radius 3 is 2.42 bits per heavy atom. The van der Waals surface area contributed by atoms with Crippen molar-refractivity contribution in [3.05, 3.63) is 24.1 Å². The van der Waals surface area contributed by atoms with E-state index in [1.807, 2.05) is 0 Å². The van der Waals surface area contributed by atoms with Gasteiger partial charge in [0.15, 0.2) is 0 Å². The number of carbonyl (C=O) groups is 1. The van der Waals surface area contributed by atoms with Crippen LogP contribution in [0.4, 0.5) is 17.6 Å². The predicted octanol–water partition coefficient (Wildman–Crippen LogP) is 3.59. The van der Waals surface area contributed by atoms with Crippen LogP contribution in [-0.2, 0) is 9.53 Å². The molecule has 2 unspecified atom stereocenters. The van der Waals surface area contributed by atoms with E-state index in [1.165, 1.54) is 39.2 Å². The number of ether oxygens (including phenoxy) is 1. The normalized spacial score (nSPS) is 24.3. The summed E-state index contributed by atoms with van der Waals surface area (Å²) in [5, 5.41) is 0. The van der Waals surface area contributed by atoms with Crippen LogP contribution in [0.25, 0.3) is 0 Å². The Morgan fingerprint density at radius 2 is 1.95 bits per heavy atom. The molecule has 0 N–H and O–H groups in total. The van der Waals surface area contributed by atoms with Gasteiger partial charge in [0.2, 0.25) is 5.78 Å². The molecule has 0 radical (unpaired) electrons. The summed E-state index contributed by atoms with van der Waals surface area (Å²) in [6, 6.07) is 0. The Kier molecular flexibility index (Phi) is 4.55. The molecule has 0 heterocycles. The highest BCUT2D eigenvalue weighted by Gasteiger charge is 2.44. The number of ketones is 1. The summed E-state index contributed by atoms with van der Waals surface area (Å²) in [5.41, 5.74) is -1.06. The third-order valence-electron chi connectivity index (χ3n) is 3.24. The van der Waals surface area contributed by atoms with Crippen LogP contribution in [0.2, 0.25) is 0 Å². The summed E-state index contributed by atoms with van der Waals surface area (Å²) < 4.78 is 55.3. The first-order chi connectivity index (χ1) is 8.58. The highest BCUT2D eigenvalue weighted by molar-refractivity contribution is 5.84. The average molecular weight is 280 g/mol. The summed E-state index contributed by atoms with van der Waals surface area (Å²) in [4.78, 5) is 11.1. The number of hydrogen-bond acceptors (Lipinski definition) is 2. The number of methoxy groups -OCH3 is 1. The van der Waals surface area contributed by atoms with Crippen LogP contribution in [0.15, 0.2) is 24.1 Å². The van der Waals surface area contributed by atoms with Crippen LogP contribution >= 0.6 is 0 Å². The van der Waals surface area contributed by atoms with Crippen molar-refractivity contribution in [2.45, 2.75) is 32.5 Å². The second kappa shape index (κ2) is 5.45. The van der Waals surface area contributed by atoms with Gasteiger partial charge in [-0.25, -0.2) is 4.39 Å². The first-order valence-electron chi connectivity index (χ1n) is 5.76. The molecule has 1 aliphatic rings. The van der Waals surface area contributed by atoms with E-state index in [0.717, 1.165) is 0 Å². The van der Waals surface area contributed by atoms with Gasteiger partial charge >= 0.3 is 6.18 Å². The van der Waals surface area contributed by atoms with Gasteiger partial charge in [-0.1, -0.05) is 19.9 Å². The maximum atomic E-state index is 13.3. The average Bonchev–Trinajstić information content (AvgIpc) is 2.27. The van der Waals surface area contributed by atoms with E-state index in [4.69, 9.17) is 4.74 Å². The van der Waals surface area contributed by atoms with Gasteiger partial charge in [0, 0.05) is 19.4 Å². The SMILES string of the molecule is COC1C=CC(F)=CC1C(C)(C)CC(=O)C(F)(F)F. The summed E-state index contributed by atoms with van der Waals surface area (Å²) >= 11 is 0. The number of alkyl halides is 3. The van der Waals surface area contributed by atoms with Crippen LogP contribution in [0.5, 0.6) is 0 Å². The molecule has 0 aromatic heterocycles. The van der Waals surface area contributed by atoms with Crippen molar-refractivity contribution in [1.82, 2.24) is 0 Å². The van der Waals surface area contributed by atoms with E-state index in [2.05, 4.69) is 0 Å². The lowest BCUT2D eigenvalue weighted by Crippen LogP contribution is -2.38. The molecular weight excluding hydrogens is 264 g/mol. The fraction of sp³-hybridized carbons (Fsp3) is 0.615. The molecular formula is C13H16F4O2. The predicted molar refractivity (Wildman–Crippen MR) is 62.1 cm³/mol. The number of Topliss-reactive ketones (excluding diaryl/α,β-unsaturated/α-hetero) is 1. The zero-order valence-corrected chi connectivity index (χ0v) is 10.9. The van der Waals surface area contributed by atoms with Crippen molar-refractivity contribution >= 4 is 5.78 Å². The number of rotatable bonds is 4. The van der Waals surface area contributed by atoms with Gasteiger partial charge in [-0.3, -0.25) is 4.79 Å². The Labute approximate surface area is 109 Å². The minimum Gasteiger partial charge on any atom is -0.377 e. The van der Waals surface area contributed by atoms with E-state index in [-0.39, 0.29) is 0 Å². The zero-order valence-electron chi connectivity index (χ0n) is 10.9. The van der Waals surface area contributed by atoms with E-state index in [9.17, 15) is 22.4 Å². The van der Waals surface area contributed by atoms with Gasteiger partial charge in [0.05, 0.1) is 6.10 Å². The van der Waals surface area contributed by atoms with E-state index in [0.29, 0.717) is 0 Å². The summed E-state index contributed by atoms with van der Waals surface area (Å²) in [5.74, 6) is -2.98. The largest absolute Gasteiger partial charge is 0.449 e. The highest BCUT2D eigenvalue weighted by Crippen LogP contribution is 2.40. The second-order valence-electron chi connectivity index (χ2n) is 5.22. The van der Waals surface area contributed by atoms with Gasteiger partial charge in [-0.15, -0.1) is 0 Å². The summed E-state index contributed by atoms with van der Waals surface area (Å²) in [6.07, 6.45) is -2.27. The minimum atomic E-state index is -4.87. The van der Waals surface area contributed by atoms with E-state index in [1.54, 1.807) is 0 Å². The smallest absolute Gasteiger partial charge is 0.377 e. The fourth-order valence-corrected chi connectivity index (χ4v) is 2.16. The summed E-state index contributed by atoms with van der Waals surface area (Å²) in [7, 11) is 1.39. The fourth-order valence-electron chi connectivity index (χ4n) is 2.16. The van der Waals surface area contributed by atoms with Gasteiger partial charge in [0.1, 0.15) is 5.83 Å². The Hall–Kier alpha value is -1.17. The van der Waals surface area contributed by atoms with Crippen molar-refractivity contribution in [2.75, 3.05) is 7.11 Å². The molecule has 1 aliphatic carbocycles. The lowest BCUT2D eigenvalue weighted by atomic mass is 9.71. The first kappa shape index (κ1) is 15.9. The molecule has 19 heavy (non-hydrogen) atoms. The number of carbonyl (C=O) groups excluding carboxylic acids is 1. The Morgan fingerprint density at radius 1 is 1.37 bits per heavy atom. The van der Waals surface area contributed by atoms with Crippen LogP contribution in [-0.4, -0.2) is 25.2 Å². The molecule has 0 fully saturated rings. The Balaban J connectivity index is 2.92. The van der Waals surface area contributed by atoms with Crippen LogP contribution < -0.4 is 0 Å². The highest BCUT2D eigenvalue weighted by atomic mass is 19.4. The number of allylic oxidation sites excluding steroid dienone is 2. The zero-order chi connectivity index (χ0) is 14.8. The van der Waals surface area contributed by atoms with Crippen LogP contribution in [0.1, 0.15) is 20.3 Å². The molecule has 108 valence electrons. The van der Waals surface area contributed by atoms with Crippen molar-refractivity contribution < 1.29 is 27.1 Å². The van der Waals surface area contributed by atoms with Gasteiger partial charge in [-0.2, -0.15) is 13.2 Å². The van der Waals surface area contributed by atoms with Crippen LogP contribution in [0, 0.1) is 11.3 Å². The maximum Gasteiger partial charge on any atom is 0.449 e. The Bertz CT molecular complexity index is 407. The molecule has 0 saturated carbocycles. The third kappa shape index (κ3) is 3.89. The first-order valence-corrected chi connectivity index (χ1v) is 5.76. The molecule has 0 aliphatic heterocycles. The maximum absolute atomic E-state index is 13.3. The van der Waals surface area contributed by atoms with Crippen molar-refractivity contribution in [1.29, 1.82) is 0 Å². The molecule has 0 amide bonds. The lowest BCUT2D eigenvalue weighted by Gasteiger charge is -2.37. The molecule has 2 atom stereocenters. The molecule has 0 aromatic carbocycles. The van der Waals surface area contributed by atoms with Gasteiger partial charge in [-0.05, 0) is 17.6 Å². The van der Waals surface area contributed by atoms with Crippen molar-refractivity contribution in [2.24, 2.45) is 11.3 Å². The number of hydrogen-bond donors (Lipinski definition) is 0. The second-order valence-corrected chi connectivity index (χ2v) is 5.22. The van der Waals surface area contributed by atoms with Crippen molar-refractivity contribution in [3.63, 3.8) is 0 Å². The molecule has 0 bridgehead atoms. The monoisotopic (exact) mass is 280 g/mol. The molecule has 0 saturated heterocycles. The molecule has 0 aromatic rings. The standard InChI is InChI=1S/C13H16F4O2/c1-12(2,7-11(18)13(15,16)17)9-6-8(14)4-5-10(9)19-3/h4-6,9-10H,7H2,1-3H3. The van der Waals surface area contributed by atoms with Crippen molar-refractivity contribution in [3.8, 4) is 0 Å². The lowest BCUT2D eigenvalue weighted by molar-refractivity contribution is -0.174.